The van der Waals surface area contributed by atoms with Gasteiger partial charge in [0, 0.05) is 12.6 Å². The van der Waals surface area contributed by atoms with E-state index in [0.29, 0.717) is 6.42 Å². The van der Waals surface area contributed by atoms with Crippen LogP contribution in [-0.2, 0) is 17.6 Å². The maximum atomic E-state index is 11.8. The SMILES string of the molecule is CCC(CNC(=O)NC1Cc2ccccc2C1)C(=O)O. The Bertz CT molecular complexity index is 477. The van der Waals surface area contributed by atoms with E-state index in [4.69, 9.17) is 5.11 Å². The summed E-state index contributed by atoms with van der Waals surface area (Å²) in [6.07, 6.45) is 2.17. The van der Waals surface area contributed by atoms with E-state index in [0.717, 1.165) is 12.8 Å². The van der Waals surface area contributed by atoms with Gasteiger partial charge in [-0.05, 0) is 30.4 Å². The van der Waals surface area contributed by atoms with E-state index in [2.05, 4.69) is 22.8 Å². The molecule has 1 atom stereocenters. The average Bonchev–Trinajstić information content (AvgIpc) is 2.80. The largest absolute Gasteiger partial charge is 0.481 e. The van der Waals surface area contributed by atoms with Crippen LogP contribution in [0.25, 0.3) is 0 Å². The molecule has 3 N–H and O–H groups in total. The molecule has 0 bridgehead atoms. The number of carboxylic acid groups (broad SMARTS) is 1. The van der Waals surface area contributed by atoms with Crippen LogP contribution in [0, 0.1) is 5.92 Å². The molecule has 0 aromatic heterocycles. The van der Waals surface area contributed by atoms with Crippen LogP contribution in [0.4, 0.5) is 4.79 Å². The van der Waals surface area contributed by atoms with E-state index in [9.17, 15) is 9.59 Å². The summed E-state index contributed by atoms with van der Waals surface area (Å²) in [6, 6.07) is 7.96. The molecule has 0 aliphatic heterocycles. The highest BCUT2D eigenvalue weighted by molar-refractivity contribution is 5.76. The molecule has 5 nitrogen and oxygen atoms in total. The molecule has 1 aliphatic carbocycles. The molecule has 5 heteroatoms. The molecule has 0 spiro atoms. The Hall–Kier alpha value is -2.04. The Morgan fingerprint density at radius 3 is 2.40 bits per heavy atom. The van der Waals surface area contributed by atoms with Crippen LogP contribution in [0.3, 0.4) is 0 Å². The second-order valence-electron chi connectivity index (χ2n) is 5.17. The highest BCUT2D eigenvalue weighted by Gasteiger charge is 2.23. The number of hydrogen-bond acceptors (Lipinski definition) is 2. The zero-order valence-corrected chi connectivity index (χ0v) is 11.6. The normalized spacial score (nSPS) is 15.4. The monoisotopic (exact) mass is 276 g/mol. The molecular weight excluding hydrogens is 256 g/mol. The summed E-state index contributed by atoms with van der Waals surface area (Å²) >= 11 is 0. The van der Waals surface area contributed by atoms with Crippen molar-refractivity contribution in [3.8, 4) is 0 Å². The summed E-state index contributed by atoms with van der Waals surface area (Å²) in [5, 5.41) is 14.5. The van der Waals surface area contributed by atoms with Crippen molar-refractivity contribution in [1.82, 2.24) is 10.6 Å². The Labute approximate surface area is 118 Å². The Morgan fingerprint density at radius 1 is 1.30 bits per heavy atom. The maximum absolute atomic E-state index is 11.8. The Balaban J connectivity index is 1.78. The number of carbonyl (C=O) groups excluding carboxylic acids is 1. The van der Waals surface area contributed by atoms with Crippen molar-refractivity contribution in [3.05, 3.63) is 35.4 Å². The molecule has 1 aliphatic rings. The standard InChI is InChI=1S/C15H20N2O3/c1-2-10(14(18)19)9-16-15(20)17-13-7-11-5-3-4-6-12(11)8-13/h3-6,10,13H,2,7-9H2,1H3,(H,18,19)(H2,16,17,20). The third-order valence-corrected chi connectivity index (χ3v) is 3.74. The van der Waals surface area contributed by atoms with Crippen LogP contribution in [0.2, 0.25) is 0 Å². The van der Waals surface area contributed by atoms with Gasteiger partial charge in [-0.15, -0.1) is 0 Å². The number of hydrogen-bond donors (Lipinski definition) is 3. The summed E-state index contributed by atoms with van der Waals surface area (Å²) in [5.41, 5.74) is 2.55. The van der Waals surface area contributed by atoms with Gasteiger partial charge in [-0.2, -0.15) is 0 Å². The van der Waals surface area contributed by atoms with Gasteiger partial charge in [0.2, 0.25) is 0 Å². The van der Waals surface area contributed by atoms with E-state index < -0.39 is 11.9 Å². The molecule has 0 fully saturated rings. The number of nitrogens with one attached hydrogen (secondary N) is 2. The van der Waals surface area contributed by atoms with Gasteiger partial charge in [0.15, 0.2) is 0 Å². The summed E-state index contributed by atoms with van der Waals surface area (Å²) in [5.74, 6) is -1.40. The van der Waals surface area contributed by atoms with Gasteiger partial charge in [-0.3, -0.25) is 4.79 Å². The van der Waals surface area contributed by atoms with E-state index in [1.165, 1.54) is 11.1 Å². The van der Waals surface area contributed by atoms with Gasteiger partial charge < -0.3 is 15.7 Å². The van der Waals surface area contributed by atoms with Gasteiger partial charge in [0.05, 0.1) is 5.92 Å². The number of carbonyl (C=O) groups is 2. The smallest absolute Gasteiger partial charge is 0.315 e. The fourth-order valence-corrected chi connectivity index (χ4v) is 2.52. The number of amides is 2. The highest BCUT2D eigenvalue weighted by Crippen LogP contribution is 2.21. The fourth-order valence-electron chi connectivity index (χ4n) is 2.52. The van der Waals surface area contributed by atoms with E-state index in [1.807, 2.05) is 12.1 Å². The second-order valence-corrected chi connectivity index (χ2v) is 5.17. The Kier molecular flexibility index (Phi) is 4.61. The van der Waals surface area contributed by atoms with E-state index in [-0.39, 0.29) is 18.6 Å². The third-order valence-electron chi connectivity index (χ3n) is 3.74. The zero-order valence-electron chi connectivity index (χ0n) is 11.6. The van der Waals surface area contributed by atoms with Crippen molar-refractivity contribution in [2.75, 3.05) is 6.54 Å². The van der Waals surface area contributed by atoms with Gasteiger partial charge >= 0.3 is 12.0 Å². The van der Waals surface area contributed by atoms with Crippen LogP contribution in [0.5, 0.6) is 0 Å². The molecule has 0 saturated carbocycles. The predicted octanol–water partition coefficient (Wildman–Crippen LogP) is 1.56. The van der Waals surface area contributed by atoms with Crippen molar-refractivity contribution in [2.24, 2.45) is 5.92 Å². The van der Waals surface area contributed by atoms with Crippen LogP contribution < -0.4 is 10.6 Å². The molecule has 0 radical (unpaired) electrons. The topological polar surface area (TPSA) is 78.4 Å². The maximum Gasteiger partial charge on any atom is 0.315 e. The zero-order chi connectivity index (χ0) is 14.5. The molecule has 1 aromatic rings. The first kappa shape index (κ1) is 14.4. The molecular formula is C15H20N2O3. The lowest BCUT2D eigenvalue weighted by Crippen LogP contribution is -2.44. The minimum atomic E-state index is -0.874. The molecule has 108 valence electrons. The number of urea groups is 1. The number of benzene rings is 1. The first-order chi connectivity index (χ1) is 9.60. The summed E-state index contributed by atoms with van der Waals surface area (Å²) in [7, 11) is 0. The molecule has 1 aromatic carbocycles. The molecule has 0 saturated heterocycles. The van der Waals surface area contributed by atoms with Crippen molar-refractivity contribution < 1.29 is 14.7 Å². The van der Waals surface area contributed by atoms with Gasteiger partial charge in [-0.25, -0.2) is 4.79 Å². The lowest BCUT2D eigenvalue weighted by atomic mass is 10.1. The number of rotatable bonds is 5. The molecule has 0 heterocycles. The number of carboxylic acids is 1. The second kappa shape index (κ2) is 6.41. The van der Waals surface area contributed by atoms with Gasteiger partial charge in [0.25, 0.3) is 0 Å². The molecule has 1 unspecified atom stereocenters. The van der Waals surface area contributed by atoms with Crippen molar-refractivity contribution in [2.45, 2.75) is 32.2 Å². The molecule has 2 amide bonds. The van der Waals surface area contributed by atoms with Crippen LogP contribution in [0.1, 0.15) is 24.5 Å². The van der Waals surface area contributed by atoms with Crippen LogP contribution in [-0.4, -0.2) is 29.7 Å². The third kappa shape index (κ3) is 3.50. The summed E-state index contributed by atoms with van der Waals surface area (Å²) in [6.45, 7) is 1.96. The lowest BCUT2D eigenvalue weighted by molar-refractivity contribution is -0.141. The van der Waals surface area contributed by atoms with E-state index in [1.54, 1.807) is 6.92 Å². The first-order valence-corrected chi connectivity index (χ1v) is 6.94. The minimum absolute atomic E-state index is 0.0947. The number of fused-ring (bicyclic) bond motifs is 1. The quantitative estimate of drug-likeness (QED) is 0.763. The summed E-state index contributed by atoms with van der Waals surface area (Å²) < 4.78 is 0. The van der Waals surface area contributed by atoms with Crippen molar-refractivity contribution >= 4 is 12.0 Å². The minimum Gasteiger partial charge on any atom is -0.481 e. The van der Waals surface area contributed by atoms with Gasteiger partial charge in [-0.1, -0.05) is 31.2 Å². The summed E-state index contributed by atoms with van der Waals surface area (Å²) in [4.78, 5) is 22.6. The lowest BCUT2D eigenvalue weighted by Gasteiger charge is -2.15. The van der Waals surface area contributed by atoms with Crippen molar-refractivity contribution in [1.29, 1.82) is 0 Å². The Morgan fingerprint density at radius 2 is 1.90 bits per heavy atom. The first-order valence-electron chi connectivity index (χ1n) is 6.94. The predicted molar refractivity (Wildman–Crippen MR) is 75.6 cm³/mol. The van der Waals surface area contributed by atoms with Gasteiger partial charge in [0.1, 0.15) is 0 Å². The molecule has 20 heavy (non-hydrogen) atoms. The van der Waals surface area contributed by atoms with E-state index >= 15 is 0 Å². The number of aliphatic carboxylic acids is 1. The fraction of sp³-hybridized carbons (Fsp3) is 0.467. The van der Waals surface area contributed by atoms with Crippen LogP contribution in [0.15, 0.2) is 24.3 Å². The van der Waals surface area contributed by atoms with Crippen LogP contribution >= 0.6 is 0 Å². The molecule has 2 rings (SSSR count). The highest BCUT2D eigenvalue weighted by atomic mass is 16.4. The van der Waals surface area contributed by atoms with Crippen molar-refractivity contribution in [3.63, 3.8) is 0 Å². The average molecular weight is 276 g/mol.